The Kier molecular flexibility index (Phi) is 5.23. The molecular formula is C21H17ClN4OS. The topological polar surface area (TPSA) is 59.8 Å². The summed E-state index contributed by atoms with van der Waals surface area (Å²) in [5, 5.41) is 6.51. The Morgan fingerprint density at radius 1 is 1.14 bits per heavy atom. The standard InChI is InChI=1S/C21H17ClN4OS/c1-26-18(22)12-23-19(26)11-20-25-17(13-28-20)14-7-9-16(10-8-14)24-21(27)15-5-3-2-4-6-15/h2-10,12-13H,11H2,1H3,(H,24,27). The Hall–Kier alpha value is -2.96. The minimum Gasteiger partial charge on any atom is -0.322 e. The monoisotopic (exact) mass is 408 g/mol. The summed E-state index contributed by atoms with van der Waals surface area (Å²) in [4.78, 5) is 21.2. The van der Waals surface area contributed by atoms with E-state index in [0.29, 0.717) is 17.1 Å². The van der Waals surface area contributed by atoms with Gasteiger partial charge >= 0.3 is 0 Å². The Balaban J connectivity index is 1.45. The largest absolute Gasteiger partial charge is 0.322 e. The van der Waals surface area contributed by atoms with Gasteiger partial charge < -0.3 is 9.88 Å². The minimum absolute atomic E-state index is 0.127. The summed E-state index contributed by atoms with van der Waals surface area (Å²) < 4.78 is 1.85. The van der Waals surface area contributed by atoms with E-state index < -0.39 is 0 Å². The van der Waals surface area contributed by atoms with Crippen LogP contribution in [-0.4, -0.2) is 20.4 Å². The Morgan fingerprint density at radius 2 is 1.89 bits per heavy atom. The van der Waals surface area contributed by atoms with Crippen LogP contribution >= 0.6 is 22.9 Å². The molecule has 2 heterocycles. The number of aromatic nitrogens is 3. The summed E-state index contributed by atoms with van der Waals surface area (Å²) in [7, 11) is 1.89. The van der Waals surface area contributed by atoms with Crippen molar-refractivity contribution in [3.8, 4) is 11.3 Å². The fourth-order valence-electron chi connectivity index (χ4n) is 2.77. The highest BCUT2D eigenvalue weighted by Gasteiger charge is 2.10. The first-order valence-electron chi connectivity index (χ1n) is 8.67. The average Bonchev–Trinajstić information content (AvgIpc) is 3.31. The number of nitrogens with one attached hydrogen (secondary N) is 1. The molecule has 0 fully saturated rings. The second kappa shape index (κ2) is 7.96. The van der Waals surface area contributed by atoms with Crippen LogP contribution in [0.5, 0.6) is 0 Å². The predicted molar refractivity (Wildman–Crippen MR) is 113 cm³/mol. The molecule has 2 aromatic heterocycles. The van der Waals surface area contributed by atoms with E-state index in [4.69, 9.17) is 16.6 Å². The van der Waals surface area contributed by atoms with Gasteiger partial charge in [-0.3, -0.25) is 4.79 Å². The lowest BCUT2D eigenvalue weighted by atomic mass is 10.1. The van der Waals surface area contributed by atoms with E-state index >= 15 is 0 Å². The second-order valence-corrected chi connectivity index (χ2v) is 7.59. The molecule has 2 aromatic carbocycles. The number of hydrogen-bond acceptors (Lipinski definition) is 4. The normalized spacial score (nSPS) is 10.8. The second-order valence-electron chi connectivity index (χ2n) is 6.26. The van der Waals surface area contributed by atoms with Gasteiger partial charge in [-0.15, -0.1) is 11.3 Å². The molecule has 0 unspecified atom stereocenters. The van der Waals surface area contributed by atoms with Gasteiger partial charge in [0.1, 0.15) is 16.0 Å². The highest BCUT2D eigenvalue weighted by Crippen LogP contribution is 2.25. The molecule has 28 heavy (non-hydrogen) atoms. The molecule has 140 valence electrons. The molecule has 1 amide bonds. The zero-order valence-electron chi connectivity index (χ0n) is 15.1. The molecule has 0 bridgehead atoms. The average molecular weight is 409 g/mol. The van der Waals surface area contributed by atoms with Gasteiger partial charge in [0.05, 0.1) is 18.3 Å². The van der Waals surface area contributed by atoms with Crippen LogP contribution in [0.1, 0.15) is 21.2 Å². The van der Waals surface area contributed by atoms with Gasteiger partial charge in [0.25, 0.3) is 5.91 Å². The third-order valence-electron chi connectivity index (χ3n) is 4.36. The molecule has 7 heteroatoms. The first-order chi connectivity index (χ1) is 13.6. The number of amides is 1. The molecule has 4 aromatic rings. The van der Waals surface area contributed by atoms with Crippen molar-refractivity contribution in [1.29, 1.82) is 0 Å². The number of carbonyl (C=O) groups excluding carboxylic acids is 1. The van der Waals surface area contributed by atoms with Crippen molar-refractivity contribution < 1.29 is 4.79 Å². The van der Waals surface area contributed by atoms with Crippen LogP contribution in [0, 0.1) is 0 Å². The number of anilines is 1. The molecule has 0 aliphatic rings. The first kappa shape index (κ1) is 18.4. The van der Waals surface area contributed by atoms with E-state index in [2.05, 4.69) is 10.3 Å². The number of hydrogen-bond donors (Lipinski definition) is 1. The van der Waals surface area contributed by atoms with Gasteiger partial charge in [-0.1, -0.05) is 41.9 Å². The Labute approximate surface area is 171 Å². The van der Waals surface area contributed by atoms with Gasteiger partial charge in [0, 0.05) is 29.2 Å². The molecule has 0 radical (unpaired) electrons. The van der Waals surface area contributed by atoms with Gasteiger partial charge in [-0.2, -0.15) is 0 Å². The van der Waals surface area contributed by atoms with E-state index in [9.17, 15) is 4.79 Å². The summed E-state index contributed by atoms with van der Waals surface area (Å²) in [5.41, 5.74) is 3.28. The number of imidazole rings is 1. The highest BCUT2D eigenvalue weighted by molar-refractivity contribution is 7.10. The number of nitrogens with zero attached hydrogens (tertiary/aromatic N) is 3. The van der Waals surface area contributed by atoms with Crippen LogP contribution in [0.15, 0.2) is 66.2 Å². The zero-order chi connectivity index (χ0) is 19.5. The third-order valence-corrected chi connectivity index (χ3v) is 5.56. The van der Waals surface area contributed by atoms with E-state index in [0.717, 1.165) is 27.8 Å². The number of rotatable bonds is 5. The summed E-state index contributed by atoms with van der Waals surface area (Å²) in [6, 6.07) is 16.8. The quantitative estimate of drug-likeness (QED) is 0.503. The molecule has 5 nitrogen and oxygen atoms in total. The van der Waals surface area contributed by atoms with Crippen LogP contribution in [0.4, 0.5) is 5.69 Å². The molecule has 4 rings (SSSR count). The van der Waals surface area contributed by atoms with E-state index in [1.165, 1.54) is 0 Å². The van der Waals surface area contributed by atoms with Gasteiger partial charge in [-0.05, 0) is 24.3 Å². The summed E-state index contributed by atoms with van der Waals surface area (Å²) in [6.45, 7) is 0. The Bertz CT molecular complexity index is 1100. The van der Waals surface area contributed by atoms with Crippen LogP contribution in [0.25, 0.3) is 11.3 Å². The number of thiazole rings is 1. The maximum Gasteiger partial charge on any atom is 0.255 e. The van der Waals surface area contributed by atoms with Crippen molar-refractivity contribution in [2.75, 3.05) is 5.32 Å². The fraction of sp³-hybridized carbons (Fsp3) is 0.0952. The SMILES string of the molecule is Cn1c(Cl)cnc1Cc1nc(-c2ccc(NC(=O)c3ccccc3)cc2)cs1. The van der Waals surface area contributed by atoms with E-state index in [1.54, 1.807) is 29.7 Å². The Morgan fingerprint density at radius 3 is 2.57 bits per heavy atom. The van der Waals surface area contributed by atoms with Gasteiger partial charge in [-0.25, -0.2) is 9.97 Å². The molecule has 0 saturated heterocycles. The van der Waals surface area contributed by atoms with Crippen molar-refractivity contribution >= 4 is 34.5 Å². The molecule has 1 N–H and O–H groups in total. The lowest BCUT2D eigenvalue weighted by Crippen LogP contribution is -2.11. The van der Waals surface area contributed by atoms with Crippen molar-refractivity contribution in [3.63, 3.8) is 0 Å². The molecule has 0 atom stereocenters. The summed E-state index contributed by atoms with van der Waals surface area (Å²) in [6.07, 6.45) is 2.28. The minimum atomic E-state index is -0.127. The number of halogens is 1. The lowest BCUT2D eigenvalue weighted by molar-refractivity contribution is 0.102. The molecular weight excluding hydrogens is 392 g/mol. The maximum atomic E-state index is 12.2. The fourth-order valence-corrected chi connectivity index (χ4v) is 3.71. The van der Waals surface area contributed by atoms with Gasteiger partial charge in [0.15, 0.2) is 0 Å². The number of benzene rings is 2. The molecule has 0 saturated carbocycles. The van der Waals surface area contributed by atoms with Gasteiger partial charge in [0.2, 0.25) is 0 Å². The predicted octanol–water partition coefficient (Wildman–Crippen LogP) is 5.04. The van der Waals surface area contributed by atoms with Crippen molar-refractivity contribution in [1.82, 2.24) is 14.5 Å². The van der Waals surface area contributed by atoms with Crippen LogP contribution in [-0.2, 0) is 13.5 Å². The smallest absolute Gasteiger partial charge is 0.255 e. The first-order valence-corrected chi connectivity index (χ1v) is 9.93. The summed E-state index contributed by atoms with van der Waals surface area (Å²) in [5.74, 6) is 0.753. The van der Waals surface area contributed by atoms with Crippen LogP contribution in [0.2, 0.25) is 5.15 Å². The summed E-state index contributed by atoms with van der Waals surface area (Å²) >= 11 is 7.63. The lowest BCUT2D eigenvalue weighted by Gasteiger charge is -2.06. The molecule has 0 aliphatic heterocycles. The van der Waals surface area contributed by atoms with Crippen LogP contribution in [0.3, 0.4) is 0 Å². The van der Waals surface area contributed by atoms with Crippen molar-refractivity contribution in [2.45, 2.75) is 6.42 Å². The zero-order valence-corrected chi connectivity index (χ0v) is 16.7. The maximum absolute atomic E-state index is 12.2. The number of carbonyl (C=O) groups is 1. The highest BCUT2D eigenvalue weighted by atomic mass is 35.5. The van der Waals surface area contributed by atoms with E-state index in [1.807, 2.05) is 59.5 Å². The third kappa shape index (κ3) is 3.98. The van der Waals surface area contributed by atoms with Crippen molar-refractivity contribution in [2.24, 2.45) is 7.05 Å². The molecule has 0 spiro atoms. The van der Waals surface area contributed by atoms with Crippen LogP contribution < -0.4 is 5.32 Å². The van der Waals surface area contributed by atoms with E-state index in [-0.39, 0.29) is 5.91 Å². The molecule has 0 aliphatic carbocycles. The van der Waals surface area contributed by atoms with Crippen molar-refractivity contribution in [3.05, 3.63) is 87.7 Å².